The lowest BCUT2D eigenvalue weighted by molar-refractivity contribution is 0.102. The van der Waals surface area contributed by atoms with E-state index >= 15 is 0 Å². The molecular formula is C22H22N2O5S. The van der Waals surface area contributed by atoms with Gasteiger partial charge in [-0.1, -0.05) is 18.2 Å². The molecule has 8 heteroatoms. The van der Waals surface area contributed by atoms with Gasteiger partial charge in [-0.05, 0) is 55.0 Å². The summed E-state index contributed by atoms with van der Waals surface area (Å²) < 4.78 is 38.6. The minimum Gasteiger partial charge on any atom is -0.497 e. The van der Waals surface area contributed by atoms with Gasteiger partial charge in [-0.2, -0.15) is 0 Å². The second kappa shape index (κ2) is 8.87. The second-order valence-electron chi connectivity index (χ2n) is 6.47. The van der Waals surface area contributed by atoms with Crippen molar-refractivity contribution in [2.45, 2.75) is 11.8 Å². The van der Waals surface area contributed by atoms with Gasteiger partial charge < -0.3 is 14.8 Å². The maximum Gasteiger partial charge on any atom is 0.262 e. The molecule has 0 aliphatic heterocycles. The van der Waals surface area contributed by atoms with Crippen LogP contribution in [0.2, 0.25) is 0 Å². The number of hydrogen-bond donors (Lipinski definition) is 2. The number of benzene rings is 3. The Morgan fingerprint density at radius 2 is 1.57 bits per heavy atom. The van der Waals surface area contributed by atoms with Crippen molar-refractivity contribution in [3.05, 3.63) is 77.9 Å². The number of carbonyl (C=O) groups is 1. The third kappa shape index (κ3) is 4.72. The molecule has 3 aromatic rings. The number of sulfonamides is 1. The highest BCUT2D eigenvalue weighted by Crippen LogP contribution is 2.31. The number of methoxy groups -OCH3 is 2. The second-order valence-corrected chi connectivity index (χ2v) is 8.15. The van der Waals surface area contributed by atoms with Crippen molar-refractivity contribution in [2.75, 3.05) is 24.3 Å². The van der Waals surface area contributed by atoms with E-state index in [9.17, 15) is 13.2 Å². The zero-order valence-corrected chi connectivity index (χ0v) is 17.6. The van der Waals surface area contributed by atoms with E-state index in [1.165, 1.54) is 26.4 Å². The zero-order valence-electron chi connectivity index (χ0n) is 16.8. The first kappa shape index (κ1) is 21.2. The molecule has 156 valence electrons. The minimum absolute atomic E-state index is 0.0654. The average molecular weight is 426 g/mol. The molecule has 1 amide bonds. The summed E-state index contributed by atoms with van der Waals surface area (Å²) in [4.78, 5) is 12.4. The number of carbonyl (C=O) groups excluding carboxylic acids is 1. The van der Waals surface area contributed by atoms with Crippen molar-refractivity contribution in [1.29, 1.82) is 0 Å². The summed E-state index contributed by atoms with van der Waals surface area (Å²) in [6, 6.07) is 18.1. The fourth-order valence-corrected chi connectivity index (χ4v) is 3.97. The Balaban J connectivity index is 1.82. The first-order valence-electron chi connectivity index (χ1n) is 9.06. The molecule has 0 radical (unpaired) electrons. The Hall–Kier alpha value is -3.52. The Morgan fingerprint density at radius 3 is 2.20 bits per heavy atom. The van der Waals surface area contributed by atoms with E-state index < -0.39 is 10.0 Å². The molecule has 0 unspecified atom stereocenters. The molecule has 0 aromatic heterocycles. The minimum atomic E-state index is -3.87. The molecule has 30 heavy (non-hydrogen) atoms. The van der Waals surface area contributed by atoms with E-state index in [1.807, 2.05) is 6.07 Å². The molecule has 0 aliphatic carbocycles. The van der Waals surface area contributed by atoms with Crippen LogP contribution in [0.15, 0.2) is 71.6 Å². The molecule has 3 aromatic carbocycles. The van der Waals surface area contributed by atoms with Crippen LogP contribution in [0.3, 0.4) is 0 Å². The molecule has 0 aliphatic rings. The number of ether oxygens (including phenoxy) is 2. The maximum absolute atomic E-state index is 12.8. The van der Waals surface area contributed by atoms with Gasteiger partial charge in [0.2, 0.25) is 0 Å². The van der Waals surface area contributed by atoms with Gasteiger partial charge in [-0.3, -0.25) is 9.52 Å². The molecule has 2 N–H and O–H groups in total. The van der Waals surface area contributed by atoms with Crippen molar-refractivity contribution in [1.82, 2.24) is 0 Å². The van der Waals surface area contributed by atoms with Crippen molar-refractivity contribution >= 4 is 27.3 Å². The number of aryl methyl sites for hydroxylation is 1. The van der Waals surface area contributed by atoms with E-state index in [-0.39, 0.29) is 16.5 Å². The van der Waals surface area contributed by atoms with Crippen molar-refractivity contribution in [3.63, 3.8) is 0 Å². The van der Waals surface area contributed by atoms with Crippen LogP contribution < -0.4 is 19.5 Å². The fraction of sp³-hybridized carbons (Fsp3) is 0.136. The lowest BCUT2D eigenvalue weighted by Crippen LogP contribution is -2.15. The van der Waals surface area contributed by atoms with Gasteiger partial charge in [0.1, 0.15) is 11.5 Å². The van der Waals surface area contributed by atoms with E-state index in [0.717, 1.165) is 0 Å². The van der Waals surface area contributed by atoms with Crippen LogP contribution in [0.5, 0.6) is 11.5 Å². The lowest BCUT2D eigenvalue weighted by Gasteiger charge is -2.14. The van der Waals surface area contributed by atoms with Crippen molar-refractivity contribution in [2.24, 2.45) is 0 Å². The summed E-state index contributed by atoms with van der Waals surface area (Å²) in [5, 5.41) is 2.80. The third-order valence-corrected chi connectivity index (χ3v) is 5.81. The Labute approximate surface area is 175 Å². The summed E-state index contributed by atoms with van der Waals surface area (Å²) in [5.74, 6) is 0.612. The van der Waals surface area contributed by atoms with Crippen molar-refractivity contribution < 1.29 is 22.7 Å². The summed E-state index contributed by atoms with van der Waals surface area (Å²) in [7, 11) is -0.910. The molecule has 0 saturated heterocycles. The van der Waals surface area contributed by atoms with E-state index in [1.54, 1.807) is 55.5 Å². The molecule has 7 nitrogen and oxygen atoms in total. The van der Waals surface area contributed by atoms with Gasteiger partial charge in [0.25, 0.3) is 15.9 Å². The van der Waals surface area contributed by atoms with Crippen LogP contribution in [-0.4, -0.2) is 28.5 Å². The Bertz CT molecular complexity index is 1160. The van der Waals surface area contributed by atoms with Crippen LogP contribution in [0, 0.1) is 6.92 Å². The fourth-order valence-electron chi connectivity index (χ4n) is 2.81. The topological polar surface area (TPSA) is 93.7 Å². The quantitative estimate of drug-likeness (QED) is 0.594. The zero-order chi connectivity index (χ0) is 21.7. The maximum atomic E-state index is 12.8. The summed E-state index contributed by atoms with van der Waals surface area (Å²) in [6.07, 6.45) is 0. The predicted molar refractivity (Wildman–Crippen MR) is 116 cm³/mol. The number of rotatable bonds is 7. The third-order valence-electron chi connectivity index (χ3n) is 4.45. The molecule has 3 rings (SSSR count). The van der Waals surface area contributed by atoms with Crippen LogP contribution in [0.4, 0.5) is 11.4 Å². The van der Waals surface area contributed by atoms with Crippen molar-refractivity contribution in [3.8, 4) is 11.5 Å². The normalized spacial score (nSPS) is 10.9. The summed E-state index contributed by atoms with van der Waals surface area (Å²) in [5.41, 5.74) is 1.95. The molecule has 0 heterocycles. The monoisotopic (exact) mass is 426 g/mol. The number of amides is 1. The van der Waals surface area contributed by atoms with Crippen LogP contribution in [0.1, 0.15) is 15.9 Å². The lowest BCUT2D eigenvalue weighted by atomic mass is 10.1. The largest absolute Gasteiger partial charge is 0.497 e. The molecular weight excluding hydrogens is 404 g/mol. The highest BCUT2D eigenvalue weighted by atomic mass is 32.2. The molecule has 0 atom stereocenters. The Kier molecular flexibility index (Phi) is 6.27. The number of anilines is 2. The highest BCUT2D eigenvalue weighted by molar-refractivity contribution is 7.92. The molecule has 0 fully saturated rings. The van der Waals surface area contributed by atoms with Gasteiger partial charge in [-0.15, -0.1) is 0 Å². The summed E-state index contributed by atoms with van der Waals surface area (Å²) >= 11 is 0. The number of hydrogen-bond acceptors (Lipinski definition) is 5. The van der Waals surface area contributed by atoms with Crippen LogP contribution in [-0.2, 0) is 10.0 Å². The van der Waals surface area contributed by atoms with Gasteiger partial charge in [0, 0.05) is 17.3 Å². The standard InChI is InChI=1S/C22H22N2O5S/c1-15-13-18(10-12-19(15)23-22(25)16-7-5-4-6-8-16)30(26,27)24-20-11-9-17(28-2)14-21(20)29-3/h4-14,24H,1-3H3,(H,23,25). The van der Waals surface area contributed by atoms with Crippen LogP contribution >= 0.6 is 0 Å². The number of nitrogens with one attached hydrogen (secondary N) is 2. The molecule has 0 bridgehead atoms. The van der Waals surface area contributed by atoms with E-state index in [2.05, 4.69) is 10.0 Å². The van der Waals surface area contributed by atoms with Gasteiger partial charge in [0.15, 0.2) is 0 Å². The molecule has 0 spiro atoms. The first-order chi connectivity index (χ1) is 14.3. The van der Waals surface area contributed by atoms with Gasteiger partial charge >= 0.3 is 0 Å². The average Bonchev–Trinajstić information content (AvgIpc) is 2.75. The van der Waals surface area contributed by atoms with Gasteiger partial charge in [0.05, 0.1) is 24.8 Å². The Morgan fingerprint density at radius 1 is 0.867 bits per heavy atom. The van der Waals surface area contributed by atoms with E-state index in [4.69, 9.17) is 9.47 Å². The first-order valence-corrected chi connectivity index (χ1v) is 10.5. The van der Waals surface area contributed by atoms with Gasteiger partial charge in [-0.25, -0.2) is 8.42 Å². The highest BCUT2D eigenvalue weighted by Gasteiger charge is 2.18. The predicted octanol–water partition coefficient (Wildman–Crippen LogP) is 4.07. The SMILES string of the molecule is COc1ccc(NS(=O)(=O)c2ccc(NC(=O)c3ccccc3)c(C)c2)c(OC)c1. The summed E-state index contributed by atoms with van der Waals surface area (Å²) in [6.45, 7) is 1.73. The van der Waals surface area contributed by atoms with E-state index in [0.29, 0.717) is 28.3 Å². The molecule has 0 saturated carbocycles. The smallest absolute Gasteiger partial charge is 0.262 e. The van der Waals surface area contributed by atoms with Crippen LogP contribution in [0.25, 0.3) is 0 Å².